The zero-order valence-electron chi connectivity index (χ0n) is 13.9. The number of anilines is 2. The van der Waals surface area contributed by atoms with Crippen LogP contribution in [0.4, 0.5) is 10.8 Å². The highest BCUT2D eigenvalue weighted by Gasteiger charge is 2.21. The van der Waals surface area contributed by atoms with Crippen LogP contribution in [0.2, 0.25) is 0 Å². The molecule has 0 unspecified atom stereocenters. The molecule has 24 heavy (non-hydrogen) atoms. The molecule has 128 valence electrons. The van der Waals surface area contributed by atoms with Crippen LogP contribution in [0, 0.1) is 5.92 Å². The van der Waals surface area contributed by atoms with Gasteiger partial charge in [0.05, 0.1) is 11.4 Å². The van der Waals surface area contributed by atoms with E-state index < -0.39 is 0 Å². The van der Waals surface area contributed by atoms with Crippen molar-refractivity contribution in [3.8, 4) is 0 Å². The van der Waals surface area contributed by atoms with Crippen molar-refractivity contribution < 1.29 is 9.90 Å². The Morgan fingerprint density at radius 1 is 1.33 bits per heavy atom. The van der Waals surface area contributed by atoms with E-state index in [-0.39, 0.29) is 5.91 Å². The first kappa shape index (κ1) is 17.1. The van der Waals surface area contributed by atoms with Crippen molar-refractivity contribution in [3.05, 3.63) is 41.4 Å². The summed E-state index contributed by atoms with van der Waals surface area (Å²) in [4.78, 5) is 20.8. The Labute approximate surface area is 146 Å². The molecule has 3 rings (SSSR count). The number of para-hydroxylation sites is 1. The average molecular weight is 345 g/mol. The van der Waals surface area contributed by atoms with Gasteiger partial charge in [-0.15, -0.1) is 11.3 Å². The molecule has 0 atom stereocenters. The minimum atomic E-state index is -0.0362. The summed E-state index contributed by atoms with van der Waals surface area (Å²) in [7, 11) is 0. The van der Waals surface area contributed by atoms with Crippen LogP contribution >= 0.6 is 11.3 Å². The first-order valence-corrected chi connectivity index (χ1v) is 9.18. The predicted molar refractivity (Wildman–Crippen MR) is 96.5 cm³/mol. The molecule has 6 heteroatoms. The fraction of sp³-hybridized carbons (Fsp3) is 0.444. The van der Waals surface area contributed by atoms with E-state index >= 15 is 0 Å². The standard InChI is InChI=1S/C18H23N3O2S/c1-14(23)21(17-5-3-2-4-6-17)18-19-16(13-24-18)11-20-9-7-15(12-22)8-10-20/h2-6,13,15,22H,7-12H2,1H3. The molecule has 2 aromatic rings. The summed E-state index contributed by atoms with van der Waals surface area (Å²) in [6.45, 7) is 4.64. The van der Waals surface area contributed by atoms with Gasteiger partial charge in [0.15, 0.2) is 5.13 Å². The SMILES string of the molecule is CC(=O)N(c1ccccc1)c1nc(CN2CCC(CO)CC2)cs1. The third kappa shape index (κ3) is 4.01. The number of carbonyl (C=O) groups excluding carboxylic acids is 1. The number of hydrogen-bond acceptors (Lipinski definition) is 5. The highest BCUT2D eigenvalue weighted by molar-refractivity contribution is 7.14. The molecular formula is C18H23N3O2S. The van der Waals surface area contributed by atoms with E-state index in [1.54, 1.807) is 11.8 Å². The Balaban J connectivity index is 1.69. The van der Waals surface area contributed by atoms with Gasteiger partial charge in [0.2, 0.25) is 5.91 Å². The molecule has 0 saturated carbocycles. The maximum Gasteiger partial charge on any atom is 0.230 e. The average Bonchev–Trinajstić information content (AvgIpc) is 3.04. The maximum atomic E-state index is 12.1. The lowest BCUT2D eigenvalue weighted by atomic mass is 9.98. The summed E-state index contributed by atoms with van der Waals surface area (Å²) in [6, 6.07) is 9.62. The van der Waals surface area contributed by atoms with E-state index in [0.29, 0.717) is 17.7 Å². The van der Waals surface area contributed by atoms with Gasteiger partial charge in [-0.2, -0.15) is 0 Å². The second-order valence-corrected chi connectivity index (χ2v) is 7.05. The maximum absolute atomic E-state index is 12.1. The first-order valence-electron chi connectivity index (χ1n) is 8.30. The third-order valence-electron chi connectivity index (χ3n) is 4.41. The quantitative estimate of drug-likeness (QED) is 0.905. The number of aromatic nitrogens is 1. The molecular weight excluding hydrogens is 322 g/mol. The second kappa shape index (κ2) is 7.88. The van der Waals surface area contributed by atoms with Crippen molar-refractivity contribution in [3.63, 3.8) is 0 Å². The number of aliphatic hydroxyl groups excluding tert-OH is 1. The van der Waals surface area contributed by atoms with Gasteiger partial charge in [-0.25, -0.2) is 4.98 Å². The lowest BCUT2D eigenvalue weighted by Gasteiger charge is -2.30. The second-order valence-electron chi connectivity index (χ2n) is 6.21. The number of hydrogen-bond donors (Lipinski definition) is 1. The molecule has 1 aromatic heterocycles. The van der Waals surface area contributed by atoms with Crippen LogP contribution in [-0.4, -0.2) is 40.6 Å². The monoisotopic (exact) mass is 345 g/mol. The fourth-order valence-electron chi connectivity index (χ4n) is 3.03. The van der Waals surface area contributed by atoms with Gasteiger partial charge in [0.25, 0.3) is 0 Å². The fourth-order valence-corrected chi connectivity index (χ4v) is 3.91. The topological polar surface area (TPSA) is 56.7 Å². The van der Waals surface area contributed by atoms with Crippen molar-refractivity contribution in [2.24, 2.45) is 5.92 Å². The van der Waals surface area contributed by atoms with E-state index in [9.17, 15) is 9.90 Å². The normalized spacial score (nSPS) is 16.2. The number of rotatable bonds is 5. The Hall–Kier alpha value is -1.76. The molecule has 0 aliphatic carbocycles. The number of amides is 1. The zero-order chi connectivity index (χ0) is 16.9. The summed E-state index contributed by atoms with van der Waals surface area (Å²) < 4.78 is 0. The minimum Gasteiger partial charge on any atom is -0.396 e. The molecule has 1 aliphatic heterocycles. The van der Waals surface area contributed by atoms with Crippen LogP contribution in [0.3, 0.4) is 0 Å². The van der Waals surface area contributed by atoms with E-state index in [0.717, 1.165) is 43.9 Å². The third-order valence-corrected chi connectivity index (χ3v) is 5.29. The highest BCUT2D eigenvalue weighted by Crippen LogP contribution is 2.29. The number of thiazole rings is 1. The van der Waals surface area contributed by atoms with Gasteiger partial charge in [0, 0.05) is 25.5 Å². The van der Waals surface area contributed by atoms with E-state index in [4.69, 9.17) is 0 Å². The number of piperidine rings is 1. The molecule has 1 aliphatic rings. The van der Waals surface area contributed by atoms with Crippen LogP contribution in [0.1, 0.15) is 25.5 Å². The van der Waals surface area contributed by atoms with Crippen molar-refractivity contribution in [1.29, 1.82) is 0 Å². The zero-order valence-corrected chi connectivity index (χ0v) is 14.7. The molecule has 2 heterocycles. The molecule has 1 amide bonds. The number of carbonyl (C=O) groups is 1. The van der Waals surface area contributed by atoms with Gasteiger partial charge in [-0.1, -0.05) is 18.2 Å². The van der Waals surface area contributed by atoms with E-state index in [2.05, 4.69) is 9.88 Å². The van der Waals surface area contributed by atoms with Crippen molar-refractivity contribution in [2.45, 2.75) is 26.3 Å². The van der Waals surface area contributed by atoms with E-state index in [1.807, 2.05) is 35.7 Å². The minimum absolute atomic E-state index is 0.0362. The van der Waals surface area contributed by atoms with Gasteiger partial charge in [0.1, 0.15) is 0 Å². The Morgan fingerprint density at radius 2 is 2.04 bits per heavy atom. The van der Waals surface area contributed by atoms with Crippen LogP contribution in [-0.2, 0) is 11.3 Å². The van der Waals surface area contributed by atoms with Gasteiger partial charge in [-0.05, 0) is 44.0 Å². The molecule has 0 radical (unpaired) electrons. The molecule has 1 N–H and O–H groups in total. The van der Waals surface area contributed by atoms with Crippen LogP contribution in [0.25, 0.3) is 0 Å². The van der Waals surface area contributed by atoms with Crippen LogP contribution in [0.5, 0.6) is 0 Å². The Bertz CT molecular complexity index is 666. The van der Waals surface area contributed by atoms with Crippen molar-refractivity contribution in [1.82, 2.24) is 9.88 Å². The molecule has 0 bridgehead atoms. The summed E-state index contributed by atoms with van der Waals surface area (Å²) in [5.41, 5.74) is 1.84. The largest absolute Gasteiger partial charge is 0.396 e. The molecule has 0 spiro atoms. The Kier molecular flexibility index (Phi) is 5.60. The van der Waals surface area contributed by atoms with Gasteiger partial charge in [-0.3, -0.25) is 14.6 Å². The first-order chi connectivity index (χ1) is 11.7. The molecule has 1 fully saturated rings. The summed E-state index contributed by atoms with van der Waals surface area (Å²) in [5.74, 6) is 0.407. The van der Waals surface area contributed by atoms with E-state index in [1.165, 1.54) is 11.3 Å². The number of aliphatic hydroxyl groups is 1. The Morgan fingerprint density at radius 3 is 2.67 bits per heavy atom. The van der Waals surface area contributed by atoms with Crippen molar-refractivity contribution in [2.75, 3.05) is 24.6 Å². The molecule has 1 aromatic carbocycles. The van der Waals surface area contributed by atoms with Crippen molar-refractivity contribution >= 4 is 28.1 Å². The summed E-state index contributed by atoms with van der Waals surface area (Å²) in [6.07, 6.45) is 2.08. The van der Waals surface area contributed by atoms with Gasteiger partial charge < -0.3 is 5.11 Å². The van der Waals surface area contributed by atoms with Crippen LogP contribution < -0.4 is 4.90 Å². The summed E-state index contributed by atoms with van der Waals surface area (Å²) >= 11 is 1.50. The van der Waals surface area contributed by atoms with Gasteiger partial charge >= 0.3 is 0 Å². The molecule has 5 nitrogen and oxygen atoms in total. The smallest absolute Gasteiger partial charge is 0.230 e. The van der Waals surface area contributed by atoms with Crippen LogP contribution in [0.15, 0.2) is 35.7 Å². The predicted octanol–water partition coefficient (Wildman–Crippen LogP) is 3.03. The number of nitrogens with zero attached hydrogens (tertiary/aromatic N) is 3. The number of benzene rings is 1. The highest BCUT2D eigenvalue weighted by atomic mass is 32.1. The summed E-state index contributed by atoms with van der Waals surface area (Å²) in [5, 5.41) is 12.0. The lowest BCUT2D eigenvalue weighted by Crippen LogP contribution is -2.34. The molecule has 1 saturated heterocycles. The number of likely N-dealkylation sites (tertiary alicyclic amines) is 1. The lowest BCUT2D eigenvalue weighted by molar-refractivity contribution is -0.115.